The summed E-state index contributed by atoms with van der Waals surface area (Å²) in [5, 5.41) is 0. The molecule has 0 radical (unpaired) electrons. The second-order valence-electron chi connectivity index (χ2n) is 14.6. The number of nitrogens with zero attached hydrogens (tertiary/aromatic N) is 4. The number of hydrogen-bond acceptors (Lipinski definition) is 3. The summed E-state index contributed by atoms with van der Waals surface area (Å²) in [4.78, 5) is 16.1. The number of imidazole rings is 1. The number of aryl methyl sites for hydroxylation is 2. The van der Waals surface area contributed by atoms with Crippen LogP contribution in [0.15, 0.2) is 194 Å². The first-order valence-corrected chi connectivity index (χ1v) is 19.4. The van der Waals surface area contributed by atoms with Gasteiger partial charge in [-0.3, -0.25) is 4.57 Å². The zero-order valence-corrected chi connectivity index (χ0v) is 31.8. The lowest BCUT2D eigenvalue weighted by atomic mass is 9.95. The SMILES string of the molecule is Cc1ccc(-c2ccc(-c3ccc(C)cc3)c3nc(-c4ccc(-c5ccc(-c6nc7ccccc7n6-c6ccccc6)cc5)cc4)c(-c4ccccc4)nc23)cc1. The maximum absolute atomic E-state index is 5.55. The number of para-hydroxylation sites is 3. The van der Waals surface area contributed by atoms with E-state index in [0.29, 0.717) is 0 Å². The highest BCUT2D eigenvalue weighted by atomic mass is 15.1. The summed E-state index contributed by atoms with van der Waals surface area (Å²) in [6.45, 7) is 4.24. The normalized spacial score (nSPS) is 11.3. The van der Waals surface area contributed by atoms with Crippen molar-refractivity contribution in [1.29, 1.82) is 0 Å². The second kappa shape index (κ2) is 14.3. The van der Waals surface area contributed by atoms with Crippen molar-refractivity contribution in [1.82, 2.24) is 19.5 Å². The van der Waals surface area contributed by atoms with Gasteiger partial charge in [-0.1, -0.05) is 181 Å². The molecule has 10 aromatic rings. The van der Waals surface area contributed by atoms with Crippen molar-refractivity contribution in [3.63, 3.8) is 0 Å². The van der Waals surface area contributed by atoms with Crippen LogP contribution >= 0.6 is 0 Å². The fourth-order valence-electron chi connectivity index (χ4n) is 7.76. The molecule has 0 aliphatic heterocycles. The molecule has 0 unspecified atom stereocenters. The minimum atomic E-state index is 0.852. The molecule has 4 nitrogen and oxygen atoms in total. The van der Waals surface area contributed by atoms with Crippen molar-refractivity contribution in [2.24, 2.45) is 0 Å². The molecule has 0 saturated carbocycles. The Kier molecular flexibility index (Phi) is 8.57. The van der Waals surface area contributed by atoms with Gasteiger partial charge >= 0.3 is 0 Å². The molecule has 0 saturated heterocycles. The lowest BCUT2D eigenvalue weighted by Gasteiger charge is -2.16. The third kappa shape index (κ3) is 6.37. The van der Waals surface area contributed by atoms with Crippen molar-refractivity contribution >= 4 is 22.1 Å². The first kappa shape index (κ1) is 34.1. The molecule has 0 aliphatic carbocycles. The topological polar surface area (TPSA) is 43.6 Å². The van der Waals surface area contributed by atoms with Gasteiger partial charge < -0.3 is 0 Å². The van der Waals surface area contributed by atoms with Gasteiger partial charge in [-0.15, -0.1) is 0 Å². The van der Waals surface area contributed by atoms with Crippen molar-refractivity contribution in [3.05, 3.63) is 205 Å². The fraction of sp³-hybridized carbons (Fsp3) is 0.0377. The van der Waals surface area contributed by atoms with E-state index in [0.717, 1.165) is 95.0 Å². The molecule has 0 atom stereocenters. The van der Waals surface area contributed by atoms with Gasteiger partial charge in [-0.2, -0.15) is 0 Å². The van der Waals surface area contributed by atoms with Gasteiger partial charge in [0.2, 0.25) is 0 Å². The quantitative estimate of drug-likeness (QED) is 0.164. The molecule has 0 bridgehead atoms. The summed E-state index contributed by atoms with van der Waals surface area (Å²) < 4.78 is 2.24. The Morgan fingerprint density at radius 3 is 1.30 bits per heavy atom. The highest BCUT2D eigenvalue weighted by molar-refractivity contribution is 6.03. The third-order valence-electron chi connectivity index (χ3n) is 10.8. The molecule has 57 heavy (non-hydrogen) atoms. The Morgan fingerprint density at radius 1 is 0.333 bits per heavy atom. The maximum Gasteiger partial charge on any atom is 0.145 e. The molecule has 0 spiro atoms. The predicted molar refractivity (Wildman–Crippen MR) is 236 cm³/mol. The number of rotatable bonds is 7. The first-order chi connectivity index (χ1) is 28.1. The van der Waals surface area contributed by atoms with Gasteiger partial charge in [-0.25, -0.2) is 15.0 Å². The van der Waals surface area contributed by atoms with Crippen LogP contribution < -0.4 is 0 Å². The molecular formula is C53H38N4. The van der Waals surface area contributed by atoms with E-state index in [4.69, 9.17) is 15.0 Å². The summed E-state index contributed by atoms with van der Waals surface area (Å²) in [5.74, 6) is 0.920. The fourth-order valence-corrected chi connectivity index (χ4v) is 7.76. The summed E-state index contributed by atoms with van der Waals surface area (Å²) in [6.07, 6.45) is 0. The molecule has 10 rings (SSSR count). The molecule has 4 heteroatoms. The number of hydrogen-bond donors (Lipinski definition) is 0. The van der Waals surface area contributed by atoms with Crippen LogP contribution in [0.4, 0.5) is 0 Å². The van der Waals surface area contributed by atoms with Gasteiger partial charge in [0.1, 0.15) is 5.82 Å². The zero-order chi connectivity index (χ0) is 38.3. The minimum absolute atomic E-state index is 0.852. The van der Waals surface area contributed by atoms with Gasteiger partial charge in [0.05, 0.1) is 33.5 Å². The van der Waals surface area contributed by atoms with Crippen LogP contribution in [0.25, 0.3) is 95.0 Å². The van der Waals surface area contributed by atoms with E-state index in [1.165, 1.54) is 11.1 Å². The predicted octanol–water partition coefficient (Wildman–Crippen LogP) is 13.6. The van der Waals surface area contributed by atoms with Crippen LogP contribution in [-0.4, -0.2) is 19.5 Å². The van der Waals surface area contributed by atoms with Crippen LogP contribution in [-0.2, 0) is 0 Å². The minimum Gasteiger partial charge on any atom is -0.292 e. The Labute approximate surface area is 332 Å². The van der Waals surface area contributed by atoms with Crippen molar-refractivity contribution in [3.8, 4) is 73.0 Å². The van der Waals surface area contributed by atoms with E-state index >= 15 is 0 Å². The van der Waals surface area contributed by atoms with Crippen molar-refractivity contribution in [2.45, 2.75) is 13.8 Å². The molecule has 0 fully saturated rings. The van der Waals surface area contributed by atoms with E-state index in [1.807, 2.05) is 18.2 Å². The molecule has 270 valence electrons. The third-order valence-corrected chi connectivity index (χ3v) is 10.8. The van der Waals surface area contributed by atoms with E-state index < -0.39 is 0 Å². The van der Waals surface area contributed by atoms with Gasteiger partial charge in [0.15, 0.2) is 0 Å². The molecule has 2 aromatic heterocycles. The van der Waals surface area contributed by atoms with Crippen molar-refractivity contribution in [2.75, 3.05) is 0 Å². The highest BCUT2D eigenvalue weighted by Gasteiger charge is 2.20. The standard InChI is InChI=1S/C53H38N4/c1-35-17-21-39(22-18-35)45-33-34-46(40-23-19-36(2)20-24-40)52-51(45)55-49(41-11-5-3-6-12-41)50(56-52)42-29-25-37(26-30-42)38-27-31-43(32-28-38)53-54-47-15-9-10-16-48(47)57(53)44-13-7-4-8-14-44/h3-34H,1-2H3. The Hall–Kier alpha value is -7.43. The molecule has 0 amide bonds. The Morgan fingerprint density at radius 2 is 0.754 bits per heavy atom. The molecule has 0 N–H and O–H groups in total. The Balaban J connectivity index is 1.08. The zero-order valence-electron chi connectivity index (χ0n) is 31.8. The monoisotopic (exact) mass is 730 g/mol. The second-order valence-corrected chi connectivity index (χ2v) is 14.6. The summed E-state index contributed by atoms with van der Waals surface area (Å²) in [6, 6.07) is 68.4. The van der Waals surface area contributed by atoms with Crippen molar-refractivity contribution < 1.29 is 0 Å². The molecule has 0 aliphatic rings. The van der Waals surface area contributed by atoms with Crippen LogP contribution in [0.3, 0.4) is 0 Å². The number of benzene rings is 8. The summed E-state index contributed by atoms with van der Waals surface area (Å²) in [7, 11) is 0. The maximum atomic E-state index is 5.55. The number of fused-ring (bicyclic) bond motifs is 2. The van der Waals surface area contributed by atoms with Gasteiger partial charge in [0.25, 0.3) is 0 Å². The molecule has 8 aromatic carbocycles. The highest BCUT2D eigenvalue weighted by Crippen LogP contribution is 2.39. The van der Waals surface area contributed by atoms with E-state index in [-0.39, 0.29) is 0 Å². The van der Waals surface area contributed by atoms with Crippen LogP contribution in [0.2, 0.25) is 0 Å². The van der Waals surface area contributed by atoms with Crippen LogP contribution in [0.5, 0.6) is 0 Å². The largest absolute Gasteiger partial charge is 0.292 e. The number of aromatic nitrogens is 4. The molecule has 2 heterocycles. The summed E-state index contributed by atoms with van der Waals surface area (Å²) >= 11 is 0. The van der Waals surface area contributed by atoms with Gasteiger partial charge in [0, 0.05) is 33.5 Å². The Bertz CT molecular complexity index is 3020. The molecular weight excluding hydrogens is 693 g/mol. The first-order valence-electron chi connectivity index (χ1n) is 19.4. The smallest absolute Gasteiger partial charge is 0.145 e. The van der Waals surface area contributed by atoms with Gasteiger partial charge in [-0.05, 0) is 60.4 Å². The van der Waals surface area contributed by atoms with Crippen LogP contribution in [0, 0.1) is 13.8 Å². The lowest BCUT2D eigenvalue weighted by molar-refractivity contribution is 1.10. The van der Waals surface area contributed by atoms with E-state index in [9.17, 15) is 0 Å². The average Bonchev–Trinajstić information content (AvgIpc) is 3.67. The van der Waals surface area contributed by atoms with E-state index in [2.05, 4.69) is 194 Å². The average molecular weight is 731 g/mol. The van der Waals surface area contributed by atoms with E-state index in [1.54, 1.807) is 0 Å². The summed E-state index contributed by atoms with van der Waals surface area (Å²) in [5.41, 5.74) is 18.8. The van der Waals surface area contributed by atoms with Crippen LogP contribution in [0.1, 0.15) is 11.1 Å². The lowest BCUT2D eigenvalue weighted by Crippen LogP contribution is -1.99.